The fraction of sp³-hybridized carbons (Fsp3) is 0. The second-order valence-electron chi connectivity index (χ2n) is 14.0. The molecule has 0 aliphatic rings. The third-order valence-electron chi connectivity index (χ3n) is 10.7. The van der Waals surface area contributed by atoms with E-state index in [1.165, 1.54) is 10.8 Å². The monoisotopic (exact) mass is 716 g/mol. The SMILES string of the molecule is c1ccc(-c2ccc(-c3cccc4c3oc3ccc5c6ccccc6n(-c6ccccc6)c5c34)c(-c3nc(-c4ccccc4)nc(-c4ccccc4)n3)c2)cc1. The minimum atomic E-state index is 0.588. The van der Waals surface area contributed by atoms with Crippen LogP contribution < -0.4 is 0 Å². The Balaban J connectivity index is 1.20. The number of nitrogens with zero attached hydrogens (tertiary/aromatic N) is 4. The van der Waals surface area contributed by atoms with Crippen LogP contribution in [0.2, 0.25) is 0 Å². The van der Waals surface area contributed by atoms with Gasteiger partial charge in [0.1, 0.15) is 11.2 Å². The molecule has 0 aliphatic carbocycles. The van der Waals surface area contributed by atoms with Gasteiger partial charge in [-0.2, -0.15) is 0 Å². The van der Waals surface area contributed by atoms with Gasteiger partial charge in [0.25, 0.3) is 0 Å². The van der Waals surface area contributed by atoms with Gasteiger partial charge >= 0.3 is 0 Å². The highest BCUT2D eigenvalue weighted by atomic mass is 16.3. The van der Waals surface area contributed by atoms with Gasteiger partial charge in [-0.05, 0) is 53.1 Å². The van der Waals surface area contributed by atoms with Crippen LogP contribution in [0.4, 0.5) is 0 Å². The molecule has 56 heavy (non-hydrogen) atoms. The Morgan fingerprint density at radius 2 is 0.964 bits per heavy atom. The normalized spacial score (nSPS) is 11.6. The van der Waals surface area contributed by atoms with Crippen molar-refractivity contribution >= 4 is 43.7 Å². The smallest absolute Gasteiger partial charge is 0.164 e. The van der Waals surface area contributed by atoms with Crippen molar-refractivity contribution in [3.8, 4) is 62.1 Å². The molecule has 0 bridgehead atoms. The van der Waals surface area contributed by atoms with E-state index in [0.29, 0.717) is 17.5 Å². The molecule has 0 aliphatic heterocycles. The first-order valence-corrected chi connectivity index (χ1v) is 18.8. The van der Waals surface area contributed by atoms with Crippen LogP contribution in [0.3, 0.4) is 0 Å². The molecule has 11 rings (SSSR count). The number of hydrogen-bond acceptors (Lipinski definition) is 4. The van der Waals surface area contributed by atoms with Crippen molar-refractivity contribution in [2.45, 2.75) is 0 Å². The molecule has 262 valence electrons. The first-order valence-electron chi connectivity index (χ1n) is 18.8. The number of rotatable bonds is 6. The molecule has 3 aromatic heterocycles. The van der Waals surface area contributed by atoms with E-state index in [4.69, 9.17) is 19.4 Å². The molecule has 3 heterocycles. The van der Waals surface area contributed by atoms with Gasteiger partial charge < -0.3 is 8.98 Å². The van der Waals surface area contributed by atoms with Crippen LogP contribution in [-0.4, -0.2) is 19.5 Å². The summed E-state index contributed by atoms with van der Waals surface area (Å²) in [6.07, 6.45) is 0. The van der Waals surface area contributed by atoms with Gasteiger partial charge in [0, 0.05) is 44.1 Å². The first kappa shape index (κ1) is 31.9. The van der Waals surface area contributed by atoms with Crippen molar-refractivity contribution in [1.29, 1.82) is 0 Å². The molecule has 0 saturated carbocycles. The van der Waals surface area contributed by atoms with Crippen LogP contribution >= 0.6 is 0 Å². The Kier molecular flexibility index (Phi) is 7.42. The van der Waals surface area contributed by atoms with E-state index >= 15 is 0 Å². The standard InChI is InChI=1S/C51H32N4O/c1-5-16-33(17-6-1)36-28-29-38(43(32-36)51-53-49(34-18-7-2-8-19-34)52-50(54-51)35-20-9-3-10-21-35)41-25-15-26-42-46-45(56-48(41)42)31-30-40-39-24-13-14-27-44(39)55(47(40)46)37-22-11-4-12-23-37/h1-32H. The Hall–Kier alpha value is -7.63. The van der Waals surface area contributed by atoms with E-state index in [2.05, 4.69) is 132 Å². The molecule has 0 amide bonds. The van der Waals surface area contributed by atoms with Crippen LogP contribution in [0.25, 0.3) is 106 Å². The van der Waals surface area contributed by atoms with Gasteiger partial charge in [0.2, 0.25) is 0 Å². The Bertz CT molecular complexity index is 3170. The summed E-state index contributed by atoms with van der Waals surface area (Å²) in [6.45, 7) is 0. The highest BCUT2D eigenvalue weighted by Crippen LogP contribution is 2.45. The van der Waals surface area contributed by atoms with Gasteiger partial charge in [-0.1, -0.05) is 158 Å². The molecule has 5 nitrogen and oxygen atoms in total. The molecule has 8 aromatic carbocycles. The number of fused-ring (bicyclic) bond motifs is 7. The van der Waals surface area contributed by atoms with Crippen molar-refractivity contribution in [2.24, 2.45) is 0 Å². The molecule has 0 saturated heterocycles. The zero-order valence-electron chi connectivity index (χ0n) is 30.2. The lowest BCUT2D eigenvalue weighted by Gasteiger charge is -2.14. The summed E-state index contributed by atoms with van der Waals surface area (Å²) >= 11 is 0. The quantitative estimate of drug-likeness (QED) is 0.172. The fourth-order valence-electron chi connectivity index (χ4n) is 8.10. The van der Waals surface area contributed by atoms with Crippen molar-refractivity contribution in [3.63, 3.8) is 0 Å². The Morgan fingerprint density at radius 3 is 1.66 bits per heavy atom. The van der Waals surface area contributed by atoms with E-state index in [1.54, 1.807) is 0 Å². The molecule has 0 radical (unpaired) electrons. The van der Waals surface area contributed by atoms with Crippen LogP contribution in [0.1, 0.15) is 0 Å². The summed E-state index contributed by atoms with van der Waals surface area (Å²) in [7, 11) is 0. The molecule has 0 N–H and O–H groups in total. The van der Waals surface area contributed by atoms with E-state index in [-0.39, 0.29) is 0 Å². The molecule has 5 heteroatoms. The predicted molar refractivity (Wildman–Crippen MR) is 229 cm³/mol. The third kappa shape index (κ3) is 5.21. The minimum absolute atomic E-state index is 0.588. The van der Waals surface area contributed by atoms with Crippen molar-refractivity contribution < 1.29 is 4.42 Å². The molecule has 0 atom stereocenters. The highest BCUT2D eigenvalue weighted by molar-refractivity contribution is 6.25. The van der Waals surface area contributed by atoms with E-state index < -0.39 is 0 Å². The van der Waals surface area contributed by atoms with Crippen molar-refractivity contribution in [3.05, 3.63) is 194 Å². The maximum atomic E-state index is 6.96. The summed E-state index contributed by atoms with van der Waals surface area (Å²) in [4.78, 5) is 15.4. The van der Waals surface area contributed by atoms with Gasteiger partial charge in [0.05, 0.1) is 16.4 Å². The van der Waals surface area contributed by atoms with Crippen LogP contribution in [0, 0.1) is 0 Å². The summed E-state index contributed by atoms with van der Waals surface area (Å²) in [5.74, 6) is 1.82. The van der Waals surface area contributed by atoms with Gasteiger partial charge in [-0.25, -0.2) is 15.0 Å². The third-order valence-corrected chi connectivity index (χ3v) is 10.7. The zero-order chi connectivity index (χ0) is 37.0. The maximum absolute atomic E-state index is 6.96. The predicted octanol–water partition coefficient (Wildman–Crippen LogP) is 13.2. The molecule has 0 unspecified atom stereocenters. The second-order valence-corrected chi connectivity index (χ2v) is 14.0. The van der Waals surface area contributed by atoms with Gasteiger partial charge in [0.15, 0.2) is 17.5 Å². The minimum Gasteiger partial charge on any atom is -0.455 e. The number of benzene rings is 8. The number of furan rings is 1. The lowest BCUT2D eigenvalue weighted by Crippen LogP contribution is -2.01. The number of hydrogen-bond donors (Lipinski definition) is 0. The van der Waals surface area contributed by atoms with Crippen LogP contribution in [0.15, 0.2) is 199 Å². The first-order chi connectivity index (χ1) is 27.8. The lowest BCUT2D eigenvalue weighted by atomic mass is 9.93. The van der Waals surface area contributed by atoms with E-state index in [0.717, 1.165) is 77.6 Å². The van der Waals surface area contributed by atoms with Gasteiger partial charge in [-0.3, -0.25) is 0 Å². The van der Waals surface area contributed by atoms with Crippen molar-refractivity contribution in [2.75, 3.05) is 0 Å². The van der Waals surface area contributed by atoms with E-state index in [9.17, 15) is 0 Å². The topological polar surface area (TPSA) is 56.7 Å². The molecular formula is C51H32N4O. The molecule has 0 fully saturated rings. The number of para-hydroxylation sites is 3. The summed E-state index contributed by atoms with van der Waals surface area (Å²) < 4.78 is 9.33. The molecule has 0 spiro atoms. The molecular weight excluding hydrogens is 685 g/mol. The summed E-state index contributed by atoms with van der Waals surface area (Å²) in [6, 6.07) is 67.2. The lowest BCUT2D eigenvalue weighted by molar-refractivity contribution is 0.670. The Labute approximate surface area is 322 Å². The van der Waals surface area contributed by atoms with Crippen molar-refractivity contribution in [1.82, 2.24) is 19.5 Å². The van der Waals surface area contributed by atoms with Gasteiger partial charge in [-0.15, -0.1) is 0 Å². The highest BCUT2D eigenvalue weighted by Gasteiger charge is 2.23. The van der Waals surface area contributed by atoms with E-state index in [1.807, 2.05) is 66.7 Å². The Morgan fingerprint density at radius 1 is 0.375 bits per heavy atom. The average molecular weight is 717 g/mol. The zero-order valence-corrected chi connectivity index (χ0v) is 30.2. The summed E-state index contributed by atoms with van der Waals surface area (Å²) in [5, 5.41) is 4.52. The van der Waals surface area contributed by atoms with Crippen LogP contribution in [0.5, 0.6) is 0 Å². The largest absolute Gasteiger partial charge is 0.455 e. The fourth-order valence-corrected chi connectivity index (χ4v) is 8.10. The van der Waals surface area contributed by atoms with Crippen LogP contribution in [-0.2, 0) is 0 Å². The maximum Gasteiger partial charge on any atom is 0.164 e. The summed E-state index contributed by atoms with van der Waals surface area (Å²) in [5.41, 5.74) is 11.9. The molecule has 11 aromatic rings. The number of aromatic nitrogens is 4. The second kappa shape index (κ2) is 13.0. The average Bonchev–Trinajstić information content (AvgIpc) is 3.83.